The van der Waals surface area contributed by atoms with Crippen LogP contribution in [0.15, 0.2) is 45.3 Å². The third kappa shape index (κ3) is 4.32. The highest BCUT2D eigenvalue weighted by Gasteiger charge is 2.41. The molecule has 0 saturated carbocycles. The van der Waals surface area contributed by atoms with Crippen LogP contribution in [0.25, 0.3) is 11.0 Å². The first-order valence-electron chi connectivity index (χ1n) is 8.99. The van der Waals surface area contributed by atoms with E-state index in [0.717, 1.165) is 23.1 Å². The molecule has 0 spiro atoms. The molecule has 0 amide bonds. The van der Waals surface area contributed by atoms with Gasteiger partial charge in [-0.1, -0.05) is 12.1 Å². The van der Waals surface area contributed by atoms with Crippen LogP contribution in [0, 0.1) is 0 Å². The number of benzene rings is 2. The van der Waals surface area contributed by atoms with Gasteiger partial charge in [-0.15, -0.1) is 0 Å². The monoisotopic (exact) mass is 523 g/mol. The zero-order valence-corrected chi connectivity index (χ0v) is 19.4. The van der Waals surface area contributed by atoms with Gasteiger partial charge in [-0.2, -0.15) is 0 Å². The lowest BCUT2D eigenvalue weighted by atomic mass is 9.90. The maximum atomic E-state index is 12.4. The molecule has 1 aromatic heterocycles. The summed E-state index contributed by atoms with van der Waals surface area (Å²) in [5, 5.41) is 10.1. The van der Waals surface area contributed by atoms with E-state index < -0.39 is 11.5 Å². The Morgan fingerprint density at radius 2 is 1.86 bits per heavy atom. The van der Waals surface area contributed by atoms with Crippen LogP contribution in [-0.2, 0) is 23.3 Å². The fourth-order valence-corrected chi connectivity index (χ4v) is 4.53. The molecule has 0 bridgehead atoms. The Morgan fingerprint density at radius 3 is 2.45 bits per heavy atom. The molecule has 0 radical (unpaired) electrons. The van der Waals surface area contributed by atoms with E-state index in [9.17, 15) is 9.90 Å². The van der Waals surface area contributed by atoms with Gasteiger partial charge in [0.15, 0.2) is 5.54 Å². The summed E-state index contributed by atoms with van der Waals surface area (Å²) in [4.78, 5) is 19.1. The number of aliphatic carboxylic acids is 1. The third-order valence-corrected chi connectivity index (χ3v) is 6.14. The molecule has 0 saturated heterocycles. The summed E-state index contributed by atoms with van der Waals surface area (Å²) in [5.41, 5.74) is 13.7. The van der Waals surface area contributed by atoms with Crippen LogP contribution in [0.4, 0.5) is 5.69 Å². The van der Waals surface area contributed by atoms with Crippen molar-refractivity contribution in [2.45, 2.75) is 18.5 Å². The maximum Gasteiger partial charge on any atom is 0.331 e. The quantitative estimate of drug-likeness (QED) is 0.409. The number of rotatable bonds is 7. The number of fused-ring (bicyclic) bond motifs is 1. The average molecular weight is 525 g/mol. The number of likely N-dealkylation sites (N-methyl/N-ethyl adjacent to an activating group) is 1. The molecule has 2 aromatic carbocycles. The van der Waals surface area contributed by atoms with Crippen LogP contribution in [0.2, 0.25) is 0 Å². The second-order valence-electron chi connectivity index (χ2n) is 7.31. The summed E-state index contributed by atoms with van der Waals surface area (Å²) in [7, 11) is 3.93. The number of nitrogen functional groups attached to an aromatic ring is 1. The highest BCUT2D eigenvalue weighted by atomic mass is 79.9. The zero-order chi connectivity index (χ0) is 21.3. The second kappa shape index (κ2) is 8.43. The number of nitrogens with zero attached hydrogens (tertiary/aromatic N) is 3. The zero-order valence-electron chi connectivity index (χ0n) is 16.2. The van der Waals surface area contributed by atoms with Crippen molar-refractivity contribution >= 4 is 54.5 Å². The number of hydrogen-bond donors (Lipinski definition) is 3. The second-order valence-corrected chi connectivity index (χ2v) is 9.01. The Kier molecular flexibility index (Phi) is 6.33. The van der Waals surface area contributed by atoms with Crippen molar-refractivity contribution in [1.82, 2.24) is 14.5 Å². The van der Waals surface area contributed by atoms with Crippen molar-refractivity contribution in [2.75, 3.05) is 26.4 Å². The lowest BCUT2D eigenvalue weighted by molar-refractivity contribution is -0.144. The van der Waals surface area contributed by atoms with E-state index >= 15 is 0 Å². The lowest BCUT2D eigenvalue weighted by Crippen LogP contribution is -2.49. The van der Waals surface area contributed by atoms with E-state index in [1.54, 1.807) is 12.1 Å². The molecule has 1 heterocycles. The molecule has 1 atom stereocenters. The number of carboxylic acids is 1. The Morgan fingerprint density at radius 1 is 1.24 bits per heavy atom. The van der Waals surface area contributed by atoms with E-state index in [1.165, 1.54) is 0 Å². The van der Waals surface area contributed by atoms with Crippen molar-refractivity contribution in [2.24, 2.45) is 5.73 Å². The first-order valence-corrected chi connectivity index (χ1v) is 10.6. The molecule has 154 valence electrons. The summed E-state index contributed by atoms with van der Waals surface area (Å²) >= 11 is 6.82. The Labute approximate surface area is 185 Å². The third-order valence-electron chi connectivity index (χ3n) is 4.83. The van der Waals surface area contributed by atoms with Crippen LogP contribution in [-0.4, -0.2) is 46.2 Å². The number of carbonyl (C=O) groups is 1. The summed E-state index contributed by atoms with van der Waals surface area (Å²) in [5.74, 6) is -0.805. The highest BCUT2D eigenvalue weighted by molar-refractivity contribution is 9.11. The normalized spacial score (nSPS) is 13.7. The summed E-state index contributed by atoms with van der Waals surface area (Å²) in [6, 6.07) is 11.2. The molecule has 0 fully saturated rings. The summed E-state index contributed by atoms with van der Waals surface area (Å²) < 4.78 is 3.26. The first-order chi connectivity index (χ1) is 13.6. The molecule has 0 aliphatic carbocycles. The van der Waals surface area contributed by atoms with E-state index in [4.69, 9.17) is 11.5 Å². The molecule has 3 aromatic rings. The number of carboxylic acid groups (broad SMARTS) is 1. The average Bonchev–Trinajstić information content (AvgIpc) is 3.03. The van der Waals surface area contributed by atoms with Gasteiger partial charge in [-0.3, -0.25) is 0 Å². The molecule has 29 heavy (non-hydrogen) atoms. The number of aromatic nitrogens is 2. The van der Waals surface area contributed by atoms with E-state index in [1.807, 2.05) is 47.8 Å². The topological polar surface area (TPSA) is 110 Å². The minimum Gasteiger partial charge on any atom is -0.480 e. The minimum atomic E-state index is -1.71. The van der Waals surface area contributed by atoms with Crippen LogP contribution >= 0.6 is 31.9 Å². The highest BCUT2D eigenvalue weighted by Crippen LogP contribution is 2.33. The Balaban J connectivity index is 2.14. The predicted molar refractivity (Wildman–Crippen MR) is 122 cm³/mol. The van der Waals surface area contributed by atoms with Gasteiger partial charge in [-0.25, -0.2) is 9.78 Å². The molecule has 5 N–H and O–H groups in total. The van der Waals surface area contributed by atoms with Crippen molar-refractivity contribution in [3.05, 3.63) is 56.7 Å². The van der Waals surface area contributed by atoms with Gasteiger partial charge in [-0.05, 0) is 75.8 Å². The van der Waals surface area contributed by atoms with Crippen molar-refractivity contribution in [3.8, 4) is 0 Å². The fraction of sp³-hybridized carbons (Fsp3) is 0.300. The van der Waals surface area contributed by atoms with Gasteiger partial charge < -0.3 is 26.0 Å². The van der Waals surface area contributed by atoms with Crippen LogP contribution < -0.4 is 11.5 Å². The molecule has 9 heteroatoms. The SMILES string of the molecule is CN(C)CCn1c([C@](N)(Cc2cc(Br)c(N)c(Br)c2)C(=O)O)nc2ccccc21. The summed E-state index contributed by atoms with van der Waals surface area (Å²) in [6.45, 7) is 1.30. The molecule has 0 aliphatic rings. The number of anilines is 1. The minimum absolute atomic E-state index is 0.0606. The predicted octanol–water partition coefficient (Wildman–Crippen LogP) is 3.19. The standard InChI is InChI=1S/C20H23Br2N5O2/c1-26(2)7-8-27-16-6-4-3-5-15(16)25-18(27)20(24,19(28)29)11-12-9-13(21)17(23)14(22)10-12/h3-6,9-10H,7-8,11,23-24H2,1-2H3,(H,28,29)/t20-/m1/s1. The van der Waals surface area contributed by atoms with Gasteiger partial charge in [0.25, 0.3) is 0 Å². The van der Waals surface area contributed by atoms with Crippen molar-refractivity contribution < 1.29 is 9.90 Å². The van der Waals surface area contributed by atoms with Gasteiger partial charge in [0.1, 0.15) is 5.82 Å². The fourth-order valence-electron chi connectivity index (χ4n) is 3.25. The first kappa shape index (κ1) is 21.8. The molecular weight excluding hydrogens is 502 g/mol. The molecule has 7 nitrogen and oxygen atoms in total. The maximum absolute atomic E-state index is 12.4. The van der Waals surface area contributed by atoms with E-state index in [-0.39, 0.29) is 6.42 Å². The van der Waals surface area contributed by atoms with Gasteiger partial charge >= 0.3 is 5.97 Å². The number of hydrogen-bond acceptors (Lipinski definition) is 5. The Bertz CT molecular complexity index is 1040. The van der Waals surface area contributed by atoms with Crippen LogP contribution in [0.1, 0.15) is 11.4 Å². The number of para-hydroxylation sites is 2. The van der Waals surface area contributed by atoms with Crippen molar-refractivity contribution in [3.63, 3.8) is 0 Å². The lowest BCUT2D eigenvalue weighted by Gasteiger charge is -2.26. The number of halogens is 2. The van der Waals surface area contributed by atoms with Crippen molar-refractivity contribution in [1.29, 1.82) is 0 Å². The van der Waals surface area contributed by atoms with Gasteiger partial charge in [0.05, 0.1) is 16.7 Å². The molecular formula is C20H23Br2N5O2. The Hall–Kier alpha value is -1.94. The molecule has 0 unspecified atom stereocenters. The van der Waals surface area contributed by atoms with E-state index in [0.29, 0.717) is 27.0 Å². The number of nitrogens with two attached hydrogens (primary N) is 2. The number of imidazole rings is 1. The smallest absolute Gasteiger partial charge is 0.331 e. The molecule has 3 rings (SSSR count). The molecule has 0 aliphatic heterocycles. The van der Waals surface area contributed by atoms with Crippen LogP contribution in [0.5, 0.6) is 0 Å². The van der Waals surface area contributed by atoms with Crippen LogP contribution in [0.3, 0.4) is 0 Å². The van der Waals surface area contributed by atoms with Gasteiger partial charge in [0.2, 0.25) is 0 Å². The summed E-state index contributed by atoms with van der Waals surface area (Å²) in [6.07, 6.45) is 0.0606. The van der Waals surface area contributed by atoms with Gasteiger partial charge in [0, 0.05) is 28.5 Å². The van der Waals surface area contributed by atoms with E-state index in [2.05, 4.69) is 36.8 Å². The largest absolute Gasteiger partial charge is 0.480 e.